The summed E-state index contributed by atoms with van der Waals surface area (Å²) in [6.07, 6.45) is 0.211. The Bertz CT molecular complexity index is 3240. The fraction of sp³-hybridized carbons (Fsp3) is 0.390. The molecule has 10 rings (SSSR count). The Morgan fingerprint density at radius 1 is 0.829 bits per heavy atom. The predicted octanol–water partition coefficient (Wildman–Crippen LogP) is 8.42. The molecule has 2 aromatic heterocycles. The number of benzene rings is 4. The summed E-state index contributed by atoms with van der Waals surface area (Å²) in [5.74, 6) is -3.89. The predicted molar refractivity (Wildman–Crippen MR) is 282 cm³/mol. The summed E-state index contributed by atoms with van der Waals surface area (Å²) in [6, 6.07) is 26.2. The van der Waals surface area contributed by atoms with Crippen molar-refractivity contribution in [1.82, 2.24) is 28.7 Å². The number of nitrogens with zero attached hydrogens (tertiary/aromatic N) is 7. The highest BCUT2D eigenvalue weighted by Crippen LogP contribution is 2.45. The first-order valence-corrected chi connectivity index (χ1v) is 26.1. The van der Waals surface area contributed by atoms with Crippen molar-refractivity contribution < 1.29 is 42.1 Å². The molecule has 4 aliphatic heterocycles. The first-order valence-electron chi connectivity index (χ1n) is 26.1. The largest absolute Gasteiger partial charge is 0.508 e. The van der Waals surface area contributed by atoms with E-state index in [0.29, 0.717) is 114 Å². The van der Waals surface area contributed by atoms with Gasteiger partial charge >= 0.3 is 0 Å². The first-order chi connectivity index (χ1) is 36.5. The van der Waals surface area contributed by atoms with Crippen molar-refractivity contribution in [1.29, 1.82) is 5.26 Å². The van der Waals surface area contributed by atoms with Gasteiger partial charge in [-0.3, -0.25) is 19.3 Å². The van der Waals surface area contributed by atoms with Crippen molar-refractivity contribution in [2.45, 2.75) is 71.0 Å². The van der Waals surface area contributed by atoms with Gasteiger partial charge in [0.2, 0.25) is 5.91 Å². The molecule has 4 aromatic carbocycles. The minimum absolute atomic E-state index is 0.0372. The second-order valence-electron chi connectivity index (χ2n) is 20.6. The molecule has 76 heavy (non-hydrogen) atoms. The molecule has 6 aromatic rings. The number of carbonyl (C=O) groups excluding carboxylic acids is 3. The van der Waals surface area contributed by atoms with Gasteiger partial charge in [-0.25, -0.2) is 13.2 Å². The summed E-state index contributed by atoms with van der Waals surface area (Å²) in [5, 5.41) is 23.3. The number of anilines is 1. The number of hydrogen-bond donors (Lipinski definition) is 2. The number of piperidine rings is 1. The standard InChI is InChI=1S/C59H63F3N8O6/c1-37-49(31-45(33-63)65(37)3)55-54(57(73)64-44-10-12-47(71)13-11-44)38(2)66(4)56(55)50-28-40-15-18-69(53(72)30-41-9-14-48(32-52(41)60)76-26-23-67-21-24-75-25-22-67)34-43(40)29-51(50)58(74)70-35-42-8-6-5-7-39(42)27-46(70)36-68-19-16-59(61,62)17-20-68/h5-14,28-29,31-32,46,71H,15-27,30,34-36H2,1-4H3,(H,64,73)/t46-/m0/s1. The van der Waals surface area contributed by atoms with E-state index in [4.69, 9.17) is 9.47 Å². The number of aromatic hydroxyl groups is 1. The van der Waals surface area contributed by atoms with Crippen LogP contribution in [-0.2, 0) is 56.0 Å². The van der Waals surface area contributed by atoms with Gasteiger partial charge in [-0.2, -0.15) is 5.26 Å². The van der Waals surface area contributed by atoms with Gasteiger partial charge in [0.25, 0.3) is 17.7 Å². The quantitative estimate of drug-likeness (QED) is 0.109. The number of ether oxygens (including phenoxy) is 2. The number of carbonyl (C=O) groups is 3. The molecule has 0 unspecified atom stereocenters. The van der Waals surface area contributed by atoms with Gasteiger partial charge in [-0.05, 0) is 103 Å². The third-order valence-electron chi connectivity index (χ3n) is 16.0. The Kier molecular flexibility index (Phi) is 14.9. The van der Waals surface area contributed by atoms with Gasteiger partial charge in [-0.1, -0.05) is 30.3 Å². The van der Waals surface area contributed by atoms with Crippen LogP contribution in [0.4, 0.5) is 18.9 Å². The topological polar surface area (TPSA) is 149 Å². The third kappa shape index (κ3) is 10.7. The number of amides is 3. The highest BCUT2D eigenvalue weighted by Gasteiger charge is 2.39. The summed E-state index contributed by atoms with van der Waals surface area (Å²) >= 11 is 0. The van der Waals surface area contributed by atoms with E-state index in [2.05, 4.69) is 16.3 Å². The van der Waals surface area contributed by atoms with E-state index < -0.39 is 17.6 Å². The molecule has 2 N–H and O–H groups in total. The number of phenols is 1. The molecular weight excluding hydrogens is 974 g/mol. The maximum absolute atomic E-state index is 16.0. The summed E-state index contributed by atoms with van der Waals surface area (Å²) < 4.78 is 59.6. The molecule has 14 nitrogen and oxygen atoms in total. The molecule has 2 fully saturated rings. The van der Waals surface area contributed by atoms with Gasteiger partial charge in [0, 0.05) is 137 Å². The van der Waals surface area contributed by atoms with Crippen LogP contribution in [0.3, 0.4) is 0 Å². The van der Waals surface area contributed by atoms with E-state index in [0.717, 1.165) is 35.3 Å². The fourth-order valence-electron chi connectivity index (χ4n) is 11.3. The van der Waals surface area contributed by atoms with Crippen molar-refractivity contribution in [3.63, 3.8) is 0 Å². The molecule has 17 heteroatoms. The van der Waals surface area contributed by atoms with E-state index >= 15 is 9.18 Å². The second kappa shape index (κ2) is 21.7. The van der Waals surface area contributed by atoms with Crippen LogP contribution in [0.5, 0.6) is 11.5 Å². The van der Waals surface area contributed by atoms with Crippen molar-refractivity contribution in [3.8, 4) is 40.0 Å². The summed E-state index contributed by atoms with van der Waals surface area (Å²) in [4.78, 5) is 52.8. The molecular formula is C59H63F3N8O6. The molecule has 3 amide bonds. The molecule has 0 radical (unpaired) electrons. The SMILES string of the molecule is Cc1c(-c2c(C(=O)Nc3ccc(O)cc3)c(C)n(C)c2-c2cc3c(cc2C(=O)N2Cc4ccccc4C[C@H]2CN2CCC(F)(F)CC2)CN(C(=O)Cc2ccc(OCCN4CCOCC4)cc2F)CC3)cc(C#N)n1C. The van der Waals surface area contributed by atoms with Gasteiger partial charge in [-0.15, -0.1) is 0 Å². The lowest BCUT2D eigenvalue weighted by atomic mass is 9.87. The molecule has 396 valence electrons. The van der Waals surface area contributed by atoms with E-state index in [9.17, 15) is 28.7 Å². The van der Waals surface area contributed by atoms with Crippen LogP contribution >= 0.6 is 0 Å². The summed E-state index contributed by atoms with van der Waals surface area (Å²) in [7, 11) is 3.63. The normalized spacial score (nSPS) is 17.7. The van der Waals surface area contributed by atoms with E-state index in [1.165, 1.54) is 18.2 Å². The monoisotopic (exact) mass is 1040 g/mol. The van der Waals surface area contributed by atoms with Crippen LogP contribution in [0.1, 0.15) is 78.5 Å². The molecule has 4 aliphatic rings. The number of aromatic nitrogens is 2. The number of fused-ring (bicyclic) bond motifs is 2. The van der Waals surface area contributed by atoms with Crippen molar-refractivity contribution in [2.24, 2.45) is 14.1 Å². The molecule has 0 saturated carbocycles. The molecule has 2 saturated heterocycles. The van der Waals surface area contributed by atoms with Gasteiger partial charge < -0.3 is 43.7 Å². The number of phenolic OH excluding ortho intramolecular Hbond substituents is 1. The highest BCUT2D eigenvalue weighted by molar-refractivity contribution is 6.14. The summed E-state index contributed by atoms with van der Waals surface area (Å²) in [6.45, 7) is 9.27. The highest BCUT2D eigenvalue weighted by atomic mass is 19.3. The lowest BCUT2D eigenvalue weighted by molar-refractivity contribution is -0.131. The molecule has 0 aliphatic carbocycles. The number of alkyl halides is 2. The van der Waals surface area contributed by atoms with Crippen LogP contribution in [0, 0.1) is 31.0 Å². The van der Waals surface area contributed by atoms with Crippen molar-refractivity contribution in [3.05, 3.63) is 147 Å². The summed E-state index contributed by atoms with van der Waals surface area (Å²) in [5.41, 5.74) is 8.91. The smallest absolute Gasteiger partial charge is 0.258 e. The second-order valence-corrected chi connectivity index (χ2v) is 20.6. The number of nitriles is 1. The van der Waals surface area contributed by atoms with Crippen molar-refractivity contribution >= 4 is 23.4 Å². The fourth-order valence-corrected chi connectivity index (χ4v) is 11.3. The Hall–Kier alpha value is -7.39. The van der Waals surface area contributed by atoms with Crippen LogP contribution in [0.2, 0.25) is 0 Å². The minimum Gasteiger partial charge on any atom is -0.508 e. The van der Waals surface area contributed by atoms with Crippen molar-refractivity contribution in [2.75, 3.05) is 71.0 Å². The minimum atomic E-state index is -2.74. The zero-order valence-corrected chi connectivity index (χ0v) is 43.4. The van der Waals surface area contributed by atoms with Gasteiger partial charge in [0.1, 0.15) is 35.7 Å². The van der Waals surface area contributed by atoms with E-state index in [-0.39, 0.29) is 74.6 Å². The number of morpholine rings is 1. The lowest BCUT2D eigenvalue weighted by Crippen LogP contribution is -2.52. The Balaban J connectivity index is 1.04. The average Bonchev–Trinajstić information content (AvgIpc) is 3.95. The Labute approximate surface area is 440 Å². The maximum atomic E-state index is 16.0. The number of likely N-dealkylation sites (tertiary alicyclic amines) is 1. The zero-order chi connectivity index (χ0) is 53.4. The van der Waals surface area contributed by atoms with Gasteiger partial charge in [0.05, 0.1) is 30.9 Å². The van der Waals surface area contributed by atoms with E-state index in [1.54, 1.807) is 46.8 Å². The number of hydrogen-bond acceptors (Lipinski definition) is 9. The van der Waals surface area contributed by atoms with Crippen LogP contribution in [0.15, 0.2) is 84.9 Å². The molecule has 1 atom stereocenters. The van der Waals surface area contributed by atoms with Gasteiger partial charge in [0.15, 0.2) is 0 Å². The molecule has 0 spiro atoms. The van der Waals surface area contributed by atoms with Crippen LogP contribution in [0.25, 0.3) is 22.4 Å². The first kappa shape index (κ1) is 52.1. The average molecular weight is 1040 g/mol. The van der Waals surface area contributed by atoms with Crippen LogP contribution < -0.4 is 10.1 Å². The number of nitrogens with one attached hydrogen (secondary N) is 1. The third-order valence-corrected chi connectivity index (χ3v) is 16.0. The zero-order valence-electron chi connectivity index (χ0n) is 43.4. The lowest BCUT2D eigenvalue weighted by Gasteiger charge is -2.41. The molecule has 0 bridgehead atoms. The van der Waals surface area contributed by atoms with Crippen LogP contribution in [-0.4, -0.2) is 129 Å². The molecule has 6 heterocycles. The Morgan fingerprint density at radius 2 is 1.57 bits per heavy atom. The number of halogens is 3. The van der Waals surface area contributed by atoms with E-state index in [1.807, 2.05) is 71.7 Å². The maximum Gasteiger partial charge on any atom is 0.258 e. The number of rotatable bonds is 13. The Morgan fingerprint density at radius 3 is 2.28 bits per heavy atom.